The van der Waals surface area contributed by atoms with Crippen molar-refractivity contribution >= 4 is 11.8 Å². The van der Waals surface area contributed by atoms with Gasteiger partial charge < -0.3 is 20.1 Å². The standard InChI is InChI=1S/C14H20N2O4/c1-19-8-7-15-13(17)9-14(18)16-10-11-3-5-12(20-2)6-4-11/h3-6H,7-10H2,1-2H3,(H,15,17)(H,16,18). The molecular weight excluding hydrogens is 260 g/mol. The van der Waals surface area contributed by atoms with E-state index in [0.29, 0.717) is 19.7 Å². The molecule has 6 nitrogen and oxygen atoms in total. The summed E-state index contributed by atoms with van der Waals surface area (Å²) < 4.78 is 9.84. The van der Waals surface area contributed by atoms with E-state index in [0.717, 1.165) is 11.3 Å². The lowest BCUT2D eigenvalue weighted by atomic mass is 10.2. The largest absolute Gasteiger partial charge is 0.497 e. The Morgan fingerprint density at radius 1 is 1.05 bits per heavy atom. The second-order valence-electron chi connectivity index (χ2n) is 4.14. The molecule has 20 heavy (non-hydrogen) atoms. The zero-order valence-corrected chi connectivity index (χ0v) is 11.8. The van der Waals surface area contributed by atoms with Crippen molar-refractivity contribution in [2.75, 3.05) is 27.4 Å². The molecule has 0 aromatic heterocycles. The van der Waals surface area contributed by atoms with Crippen LogP contribution in [0.1, 0.15) is 12.0 Å². The molecule has 0 fully saturated rings. The Morgan fingerprint density at radius 2 is 1.70 bits per heavy atom. The Bertz CT molecular complexity index is 431. The van der Waals surface area contributed by atoms with E-state index in [9.17, 15) is 9.59 Å². The fourth-order valence-corrected chi connectivity index (χ4v) is 1.51. The number of amides is 2. The Morgan fingerprint density at radius 3 is 2.30 bits per heavy atom. The van der Waals surface area contributed by atoms with Gasteiger partial charge in [-0.25, -0.2) is 0 Å². The van der Waals surface area contributed by atoms with Gasteiger partial charge in [-0.15, -0.1) is 0 Å². The zero-order chi connectivity index (χ0) is 14.8. The summed E-state index contributed by atoms with van der Waals surface area (Å²) in [6.45, 7) is 1.22. The second-order valence-corrected chi connectivity index (χ2v) is 4.14. The van der Waals surface area contributed by atoms with Gasteiger partial charge >= 0.3 is 0 Å². The first kappa shape index (κ1) is 16.0. The molecule has 2 N–H and O–H groups in total. The molecule has 0 heterocycles. The third kappa shape index (κ3) is 6.19. The summed E-state index contributed by atoms with van der Waals surface area (Å²) in [7, 11) is 3.15. The van der Waals surface area contributed by atoms with Gasteiger partial charge in [0.1, 0.15) is 12.2 Å². The van der Waals surface area contributed by atoms with Gasteiger partial charge in [-0.05, 0) is 17.7 Å². The summed E-state index contributed by atoms with van der Waals surface area (Å²) in [5.41, 5.74) is 0.943. The molecule has 0 saturated heterocycles. The molecule has 0 unspecified atom stereocenters. The second kappa shape index (κ2) is 8.92. The first-order valence-corrected chi connectivity index (χ1v) is 6.31. The SMILES string of the molecule is COCCNC(=O)CC(=O)NCc1ccc(OC)cc1. The van der Waals surface area contributed by atoms with Crippen LogP contribution in [0.15, 0.2) is 24.3 Å². The fourth-order valence-electron chi connectivity index (χ4n) is 1.51. The molecule has 0 saturated carbocycles. The van der Waals surface area contributed by atoms with Crippen LogP contribution in [-0.2, 0) is 20.9 Å². The molecule has 1 aromatic rings. The van der Waals surface area contributed by atoms with Crippen molar-refractivity contribution in [2.24, 2.45) is 0 Å². The molecule has 2 amide bonds. The average molecular weight is 280 g/mol. The minimum Gasteiger partial charge on any atom is -0.497 e. The van der Waals surface area contributed by atoms with Crippen LogP contribution in [0, 0.1) is 0 Å². The van der Waals surface area contributed by atoms with Gasteiger partial charge in [0.05, 0.1) is 13.7 Å². The van der Waals surface area contributed by atoms with Gasteiger partial charge in [-0.2, -0.15) is 0 Å². The van der Waals surface area contributed by atoms with Crippen LogP contribution in [-0.4, -0.2) is 39.2 Å². The van der Waals surface area contributed by atoms with Crippen LogP contribution < -0.4 is 15.4 Å². The first-order chi connectivity index (χ1) is 9.65. The molecule has 1 aromatic carbocycles. The zero-order valence-electron chi connectivity index (χ0n) is 11.8. The molecular formula is C14H20N2O4. The molecule has 0 aliphatic heterocycles. The van der Waals surface area contributed by atoms with Gasteiger partial charge in [0, 0.05) is 20.2 Å². The molecule has 0 aliphatic carbocycles. The lowest BCUT2D eigenvalue weighted by Crippen LogP contribution is -2.33. The van der Waals surface area contributed by atoms with Crippen molar-refractivity contribution in [1.82, 2.24) is 10.6 Å². The van der Waals surface area contributed by atoms with E-state index in [1.165, 1.54) is 0 Å². The van der Waals surface area contributed by atoms with Gasteiger partial charge in [0.25, 0.3) is 0 Å². The lowest BCUT2D eigenvalue weighted by molar-refractivity contribution is -0.129. The summed E-state index contributed by atoms with van der Waals surface area (Å²) in [5.74, 6) is 0.141. The number of hydrogen-bond donors (Lipinski definition) is 2. The Hall–Kier alpha value is -2.08. The molecule has 1 rings (SSSR count). The van der Waals surface area contributed by atoms with Crippen molar-refractivity contribution in [2.45, 2.75) is 13.0 Å². The van der Waals surface area contributed by atoms with Crippen LogP contribution in [0.3, 0.4) is 0 Å². The molecule has 6 heteroatoms. The van der Waals surface area contributed by atoms with Crippen molar-refractivity contribution in [3.63, 3.8) is 0 Å². The fraction of sp³-hybridized carbons (Fsp3) is 0.429. The highest BCUT2D eigenvalue weighted by Crippen LogP contribution is 2.10. The minimum atomic E-state index is -0.311. The Kier molecular flexibility index (Phi) is 7.13. The number of rotatable bonds is 8. The normalized spacial score (nSPS) is 9.90. The predicted molar refractivity (Wildman–Crippen MR) is 74.3 cm³/mol. The quantitative estimate of drug-likeness (QED) is 0.536. The van der Waals surface area contributed by atoms with E-state index >= 15 is 0 Å². The monoisotopic (exact) mass is 280 g/mol. The molecule has 0 radical (unpaired) electrons. The predicted octanol–water partition coefficient (Wildman–Crippen LogP) is 0.464. The number of ether oxygens (including phenoxy) is 2. The van der Waals surface area contributed by atoms with E-state index in [1.807, 2.05) is 24.3 Å². The first-order valence-electron chi connectivity index (χ1n) is 6.31. The summed E-state index contributed by atoms with van der Waals surface area (Å²) in [5, 5.41) is 5.27. The smallest absolute Gasteiger partial charge is 0.229 e. The highest BCUT2D eigenvalue weighted by Gasteiger charge is 2.08. The maximum absolute atomic E-state index is 11.6. The molecule has 0 aliphatic rings. The summed E-state index contributed by atoms with van der Waals surface area (Å²) >= 11 is 0. The molecule has 0 spiro atoms. The van der Waals surface area contributed by atoms with Crippen LogP contribution >= 0.6 is 0 Å². The number of carbonyl (C=O) groups is 2. The number of carbonyl (C=O) groups excluding carboxylic acids is 2. The van der Waals surface area contributed by atoms with Crippen LogP contribution in [0.2, 0.25) is 0 Å². The Labute approximate surface area is 118 Å². The highest BCUT2D eigenvalue weighted by atomic mass is 16.5. The van der Waals surface area contributed by atoms with Gasteiger partial charge in [-0.1, -0.05) is 12.1 Å². The van der Waals surface area contributed by atoms with Gasteiger partial charge in [0.2, 0.25) is 11.8 Å². The van der Waals surface area contributed by atoms with E-state index < -0.39 is 0 Å². The number of nitrogens with one attached hydrogen (secondary N) is 2. The van der Waals surface area contributed by atoms with Crippen LogP contribution in [0.4, 0.5) is 0 Å². The maximum Gasteiger partial charge on any atom is 0.229 e. The maximum atomic E-state index is 11.6. The number of methoxy groups -OCH3 is 2. The van der Waals surface area contributed by atoms with Crippen molar-refractivity contribution in [1.29, 1.82) is 0 Å². The van der Waals surface area contributed by atoms with E-state index in [1.54, 1.807) is 14.2 Å². The van der Waals surface area contributed by atoms with E-state index in [-0.39, 0.29) is 18.2 Å². The minimum absolute atomic E-state index is 0.181. The average Bonchev–Trinajstić information content (AvgIpc) is 2.46. The van der Waals surface area contributed by atoms with Crippen LogP contribution in [0.5, 0.6) is 5.75 Å². The Balaban J connectivity index is 2.26. The number of hydrogen-bond acceptors (Lipinski definition) is 4. The summed E-state index contributed by atoms with van der Waals surface area (Å²) in [4.78, 5) is 22.9. The van der Waals surface area contributed by atoms with Crippen molar-refractivity contribution < 1.29 is 19.1 Å². The van der Waals surface area contributed by atoms with E-state index in [4.69, 9.17) is 9.47 Å². The van der Waals surface area contributed by atoms with Gasteiger partial charge in [-0.3, -0.25) is 9.59 Å². The van der Waals surface area contributed by atoms with Crippen molar-refractivity contribution in [3.05, 3.63) is 29.8 Å². The summed E-state index contributed by atoms with van der Waals surface area (Å²) in [6, 6.07) is 7.35. The molecule has 0 bridgehead atoms. The number of benzene rings is 1. The third-order valence-corrected chi connectivity index (χ3v) is 2.60. The van der Waals surface area contributed by atoms with E-state index in [2.05, 4.69) is 10.6 Å². The lowest BCUT2D eigenvalue weighted by Gasteiger charge is -2.07. The van der Waals surface area contributed by atoms with Gasteiger partial charge in [0.15, 0.2) is 0 Å². The summed E-state index contributed by atoms with van der Waals surface area (Å²) in [6.07, 6.45) is -0.181. The van der Waals surface area contributed by atoms with Crippen molar-refractivity contribution in [3.8, 4) is 5.75 Å². The highest BCUT2D eigenvalue weighted by molar-refractivity contribution is 5.96. The molecule has 110 valence electrons. The third-order valence-electron chi connectivity index (χ3n) is 2.60. The topological polar surface area (TPSA) is 76.7 Å². The molecule has 0 atom stereocenters. The van der Waals surface area contributed by atoms with Crippen LogP contribution in [0.25, 0.3) is 0 Å².